The Hall–Kier alpha value is -6.20. The second-order valence-electron chi connectivity index (χ2n) is 26.9. The van der Waals surface area contributed by atoms with Crippen LogP contribution in [0.15, 0.2) is 118 Å². The van der Waals surface area contributed by atoms with Crippen molar-refractivity contribution in [3.05, 3.63) is 148 Å². The molecule has 0 spiro atoms. The standard InChI is InChI=1S/C67H69BN2O2/c1-38-30-45-48(66(10,11)28-26-63(45,4)5)34-51(38)69-53-36-57-42(40-18-14-16-20-55(40)71-57)33-50(53)68-61-54(69)37-58-59(41-19-15-17-21-56(41)72-58)60(61)43-32-47-49(67(12,13)29-27-65(47,8)9)35-52(43)70(68)39-22-23-44-46(31-39)64(6,7)25-24-62(44,2)3/h14-23,30-37H,24-29H2,1-13H3. The Bertz CT molecular complexity index is 3870. The van der Waals surface area contributed by atoms with Crippen LogP contribution in [0.25, 0.3) is 55.0 Å². The van der Waals surface area contributed by atoms with Crippen LogP contribution in [-0.4, -0.2) is 6.85 Å². The van der Waals surface area contributed by atoms with Gasteiger partial charge in [0.25, 0.3) is 0 Å². The summed E-state index contributed by atoms with van der Waals surface area (Å²) in [5.41, 5.74) is 25.3. The molecule has 3 aliphatic carbocycles. The van der Waals surface area contributed by atoms with Crippen molar-refractivity contribution >= 4 is 90.1 Å². The second kappa shape index (κ2) is 14.1. The molecule has 362 valence electrons. The van der Waals surface area contributed by atoms with E-state index in [9.17, 15) is 0 Å². The van der Waals surface area contributed by atoms with Crippen molar-refractivity contribution < 1.29 is 8.83 Å². The fourth-order valence-corrected chi connectivity index (χ4v) is 14.7. The van der Waals surface area contributed by atoms with E-state index in [1.54, 1.807) is 0 Å². The summed E-state index contributed by atoms with van der Waals surface area (Å²) in [5, 5.41) is 4.68. The summed E-state index contributed by atoms with van der Waals surface area (Å²) in [5.74, 6) is 0. The van der Waals surface area contributed by atoms with Crippen LogP contribution in [0.4, 0.5) is 28.4 Å². The van der Waals surface area contributed by atoms with E-state index in [0.717, 1.165) is 64.5 Å². The lowest BCUT2D eigenvalue weighted by Gasteiger charge is -2.49. The van der Waals surface area contributed by atoms with Crippen LogP contribution < -0.4 is 20.6 Å². The van der Waals surface area contributed by atoms with Crippen molar-refractivity contribution in [3.63, 3.8) is 0 Å². The van der Waals surface area contributed by atoms with Crippen molar-refractivity contribution in [2.45, 2.75) is 161 Å². The van der Waals surface area contributed by atoms with Gasteiger partial charge in [-0.1, -0.05) is 138 Å². The van der Waals surface area contributed by atoms with Crippen molar-refractivity contribution in [2.24, 2.45) is 0 Å². The molecule has 14 rings (SSSR count). The minimum Gasteiger partial charge on any atom is -0.456 e. The van der Waals surface area contributed by atoms with Crippen molar-refractivity contribution in [3.8, 4) is 11.1 Å². The topological polar surface area (TPSA) is 32.8 Å². The highest BCUT2D eigenvalue weighted by Crippen LogP contribution is 2.58. The number of nitrogens with zero attached hydrogens (tertiary/aromatic N) is 2. The normalized spacial score (nSPS) is 20.3. The van der Waals surface area contributed by atoms with Crippen LogP contribution in [0.3, 0.4) is 0 Å². The molecule has 2 aromatic heterocycles. The first kappa shape index (κ1) is 44.5. The fraction of sp³-hybridized carbons (Fsp3) is 0.373. The Labute approximate surface area is 426 Å². The Morgan fingerprint density at radius 3 is 1.56 bits per heavy atom. The molecular formula is C67H69BN2O2. The molecule has 7 aromatic carbocycles. The number of hydrogen-bond donors (Lipinski definition) is 0. The minimum absolute atomic E-state index is 0.00264. The summed E-state index contributed by atoms with van der Waals surface area (Å²) >= 11 is 0. The van der Waals surface area contributed by atoms with Crippen LogP contribution >= 0.6 is 0 Å². The Morgan fingerprint density at radius 1 is 0.417 bits per heavy atom. The summed E-state index contributed by atoms with van der Waals surface area (Å²) in [4.78, 5) is 5.42. The minimum atomic E-state index is -0.186. The van der Waals surface area contributed by atoms with Crippen LogP contribution in [0.5, 0.6) is 0 Å². The summed E-state index contributed by atoms with van der Waals surface area (Å²) in [6.45, 7) is 31.7. The van der Waals surface area contributed by atoms with Gasteiger partial charge in [-0.3, -0.25) is 0 Å². The van der Waals surface area contributed by atoms with Crippen LogP contribution in [0.1, 0.15) is 161 Å². The van der Waals surface area contributed by atoms with E-state index in [2.05, 4.69) is 209 Å². The van der Waals surface area contributed by atoms with Gasteiger partial charge in [0.15, 0.2) is 0 Å². The second-order valence-corrected chi connectivity index (χ2v) is 26.9. The molecule has 0 amide bonds. The molecule has 4 heterocycles. The molecule has 0 radical (unpaired) electrons. The lowest BCUT2D eigenvalue weighted by atomic mass is 9.43. The molecule has 0 fully saturated rings. The van der Waals surface area contributed by atoms with E-state index < -0.39 is 0 Å². The zero-order valence-corrected chi connectivity index (χ0v) is 44.9. The monoisotopic (exact) mass is 945 g/mol. The summed E-state index contributed by atoms with van der Waals surface area (Å²) in [6, 6.07) is 42.7. The molecule has 72 heavy (non-hydrogen) atoms. The quantitative estimate of drug-likeness (QED) is 0.162. The number of hydrogen-bond acceptors (Lipinski definition) is 4. The summed E-state index contributed by atoms with van der Waals surface area (Å²) in [7, 11) is 0. The smallest absolute Gasteiger partial charge is 0.333 e. The predicted molar refractivity (Wildman–Crippen MR) is 305 cm³/mol. The number of fused-ring (bicyclic) bond motifs is 14. The highest BCUT2D eigenvalue weighted by molar-refractivity contribution is 6.94. The first-order chi connectivity index (χ1) is 34.0. The average molecular weight is 945 g/mol. The SMILES string of the molecule is Cc1cc2c(cc1N1c3cc4oc5ccccc5c4cc3B3c4c1cc1oc5ccccc5c1c4-c1cc4c(cc1N3c1ccc3c(c1)C(C)(C)CCC3(C)C)C(C)(C)CCC4(C)C)C(C)(C)CCC2(C)C. The molecule has 0 atom stereocenters. The van der Waals surface area contributed by atoms with E-state index in [1.165, 1.54) is 107 Å². The molecule has 0 saturated heterocycles. The number of anilines is 5. The van der Waals surface area contributed by atoms with Gasteiger partial charge >= 0.3 is 6.85 Å². The van der Waals surface area contributed by atoms with E-state index in [1.807, 2.05) is 0 Å². The van der Waals surface area contributed by atoms with Crippen LogP contribution in [0, 0.1) is 6.92 Å². The van der Waals surface area contributed by atoms with E-state index in [0.29, 0.717) is 0 Å². The maximum atomic E-state index is 7.14. The molecule has 0 unspecified atom stereocenters. The van der Waals surface area contributed by atoms with Crippen LogP contribution in [0.2, 0.25) is 0 Å². The van der Waals surface area contributed by atoms with E-state index in [-0.39, 0.29) is 39.3 Å². The maximum Gasteiger partial charge on any atom is 0.333 e. The lowest BCUT2D eigenvalue weighted by molar-refractivity contribution is 0.332. The highest BCUT2D eigenvalue weighted by Gasteiger charge is 2.50. The number of aryl methyl sites for hydroxylation is 1. The number of furan rings is 2. The molecule has 4 nitrogen and oxygen atoms in total. The van der Waals surface area contributed by atoms with E-state index >= 15 is 0 Å². The van der Waals surface area contributed by atoms with E-state index in [4.69, 9.17) is 8.83 Å². The first-order valence-electron chi connectivity index (χ1n) is 27.1. The van der Waals surface area contributed by atoms with Crippen molar-refractivity contribution in [2.75, 3.05) is 9.71 Å². The molecule has 2 aliphatic heterocycles. The number of benzene rings is 7. The zero-order valence-electron chi connectivity index (χ0n) is 44.9. The number of para-hydroxylation sites is 2. The molecule has 5 heteroatoms. The molecule has 0 bridgehead atoms. The largest absolute Gasteiger partial charge is 0.456 e. The van der Waals surface area contributed by atoms with Crippen LogP contribution in [-0.2, 0) is 32.5 Å². The molecule has 0 N–H and O–H groups in total. The first-order valence-corrected chi connectivity index (χ1v) is 27.1. The molecular weight excluding hydrogens is 876 g/mol. The third-order valence-electron chi connectivity index (χ3n) is 19.5. The van der Waals surface area contributed by atoms with Gasteiger partial charge in [0.2, 0.25) is 0 Å². The zero-order chi connectivity index (χ0) is 50.0. The Kier molecular flexibility index (Phi) is 8.71. The fourth-order valence-electron chi connectivity index (χ4n) is 14.7. The van der Waals surface area contributed by atoms with Gasteiger partial charge in [-0.25, -0.2) is 0 Å². The lowest BCUT2D eigenvalue weighted by Crippen LogP contribution is -2.61. The van der Waals surface area contributed by atoms with Gasteiger partial charge in [-0.2, -0.15) is 0 Å². The molecule has 5 aliphatic rings. The highest BCUT2D eigenvalue weighted by atomic mass is 16.3. The predicted octanol–water partition coefficient (Wildman–Crippen LogP) is 17.5. The van der Waals surface area contributed by atoms with Crippen molar-refractivity contribution in [1.29, 1.82) is 0 Å². The Balaban J connectivity index is 1.18. The van der Waals surface area contributed by atoms with Gasteiger partial charge in [0.1, 0.15) is 22.3 Å². The van der Waals surface area contributed by atoms with Gasteiger partial charge < -0.3 is 18.5 Å². The van der Waals surface area contributed by atoms with Crippen molar-refractivity contribution in [1.82, 2.24) is 0 Å². The van der Waals surface area contributed by atoms with Gasteiger partial charge in [0, 0.05) is 67.7 Å². The van der Waals surface area contributed by atoms with Gasteiger partial charge in [-0.05, 0) is 176 Å². The summed E-state index contributed by atoms with van der Waals surface area (Å²) < 4.78 is 14.0. The molecule has 9 aromatic rings. The average Bonchev–Trinajstić information content (AvgIpc) is 3.90. The van der Waals surface area contributed by atoms with Gasteiger partial charge in [-0.15, -0.1) is 0 Å². The summed E-state index contributed by atoms with van der Waals surface area (Å²) in [6.07, 6.45) is 6.94. The Morgan fingerprint density at radius 2 is 0.917 bits per heavy atom. The van der Waals surface area contributed by atoms with Gasteiger partial charge in [0.05, 0.1) is 0 Å². The molecule has 0 saturated carbocycles. The maximum absolute atomic E-state index is 7.14. The number of rotatable bonds is 2. The third-order valence-corrected chi connectivity index (χ3v) is 19.5. The third kappa shape index (κ3) is 5.94.